The molecule has 0 bridgehead atoms. The monoisotopic (exact) mass is 358 g/mol. The molecule has 2 aromatic rings. The minimum absolute atomic E-state index is 0.0737. The minimum Gasteiger partial charge on any atom is -0.371 e. The van der Waals surface area contributed by atoms with Crippen LogP contribution in [0.5, 0.6) is 0 Å². The van der Waals surface area contributed by atoms with Crippen LogP contribution in [0.1, 0.15) is 36.0 Å². The summed E-state index contributed by atoms with van der Waals surface area (Å²) in [4.78, 5) is 12.5. The highest BCUT2D eigenvalue weighted by Crippen LogP contribution is 2.19. The molecule has 1 amide bonds. The summed E-state index contributed by atoms with van der Waals surface area (Å²) >= 11 is 0. The molecule has 1 aliphatic rings. The van der Waals surface area contributed by atoms with Crippen molar-refractivity contribution in [2.24, 2.45) is 0 Å². The van der Waals surface area contributed by atoms with Crippen molar-refractivity contribution in [2.45, 2.75) is 36.6 Å². The molecule has 0 saturated heterocycles. The number of amides is 1. The van der Waals surface area contributed by atoms with Crippen molar-refractivity contribution in [2.75, 3.05) is 11.2 Å². The highest BCUT2D eigenvalue weighted by molar-refractivity contribution is 7.91. The van der Waals surface area contributed by atoms with Crippen molar-refractivity contribution < 1.29 is 13.2 Å². The van der Waals surface area contributed by atoms with Gasteiger partial charge in [0.15, 0.2) is 9.84 Å². The molecule has 25 heavy (non-hydrogen) atoms. The van der Waals surface area contributed by atoms with Gasteiger partial charge in [-0.05, 0) is 49.2 Å². The largest absolute Gasteiger partial charge is 0.371 e. The zero-order valence-electron chi connectivity index (χ0n) is 13.9. The zero-order chi connectivity index (χ0) is 17.7. The van der Waals surface area contributed by atoms with Gasteiger partial charge >= 0.3 is 0 Å². The molecule has 0 spiro atoms. The Bertz CT molecular complexity index is 812. The molecule has 0 aromatic heterocycles. The summed E-state index contributed by atoms with van der Waals surface area (Å²) in [6.45, 7) is 0. The van der Waals surface area contributed by atoms with Crippen LogP contribution in [0.15, 0.2) is 59.5 Å². The molecule has 0 aliphatic heterocycles. The van der Waals surface area contributed by atoms with E-state index in [2.05, 4.69) is 10.6 Å². The van der Waals surface area contributed by atoms with Gasteiger partial charge in [-0.15, -0.1) is 0 Å². The first-order valence-corrected chi connectivity index (χ1v) is 10.1. The highest BCUT2D eigenvalue weighted by Gasteiger charge is 2.18. The smallest absolute Gasteiger partial charge is 0.251 e. The Morgan fingerprint density at radius 3 is 2.24 bits per heavy atom. The van der Waals surface area contributed by atoms with Crippen LogP contribution >= 0.6 is 0 Å². The Hall–Kier alpha value is -2.34. The molecule has 3 rings (SSSR count). The maximum absolute atomic E-state index is 12.2. The van der Waals surface area contributed by atoms with E-state index in [4.69, 9.17) is 0 Å². The molecular weight excluding hydrogens is 336 g/mol. The van der Waals surface area contributed by atoms with Gasteiger partial charge in [-0.3, -0.25) is 4.79 Å². The van der Waals surface area contributed by atoms with E-state index in [9.17, 15) is 13.2 Å². The van der Waals surface area contributed by atoms with Gasteiger partial charge in [0.1, 0.15) is 5.88 Å². The Labute approximate surface area is 148 Å². The van der Waals surface area contributed by atoms with E-state index in [0.717, 1.165) is 12.8 Å². The standard InChI is InChI=1S/C19H22N2O3S/c22-19(21-17-6-4-5-7-17)15-10-12-16(13-11-15)20-14-25(23,24)18-8-2-1-3-9-18/h1-3,8-13,17,20H,4-7,14H2,(H,21,22). The highest BCUT2D eigenvalue weighted by atomic mass is 32.2. The van der Waals surface area contributed by atoms with Gasteiger partial charge in [-0.2, -0.15) is 0 Å². The second-order valence-corrected chi connectivity index (χ2v) is 8.27. The van der Waals surface area contributed by atoms with E-state index in [0.29, 0.717) is 11.3 Å². The number of carbonyl (C=O) groups is 1. The first-order chi connectivity index (χ1) is 12.0. The molecule has 0 unspecified atom stereocenters. The number of nitrogens with one attached hydrogen (secondary N) is 2. The summed E-state index contributed by atoms with van der Waals surface area (Å²) in [5.41, 5.74) is 1.25. The number of sulfone groups is 1. The van der Waals surface area contributed by atoms with Crippen molar-refractivity contribution in [3.05, 3.63) is 60.2 Å². The lowest BCUT2D eigenvalue weighted by Gasteiger charge is -2.12. The van der Waals surface area contributed by atoms with Crippen LogP contribution in [0.3, 0.4) is 0 Å². The van der Waals surface area contributed by atoms with Gasteiger partial charge in [0.2, 0.25) is 0 Å². The van der Waals surface area contributed by atoms with Gasteiger partial charge in [-0.1, -0.05) is 31.0 Å². The number of anilines is 1. The fourth-order valence-electron chi connectivity index (χ4n) is 2.97. The lowest BCUT2D eigenvalue weighted by molar-refractivity contribution is 0.0938. The van der Waals surface area contributed by atoms with E-state index < -0.39 is 9.84 Å². The topological polar surface area (TPSA) is 75.3 Å². The Kier molecular flexibility index (Phi) is 5.38. The van der Waals surface area contributed by atoms with Gasteiger partial charge in [0.05, 0.1) is 4.90 Å². The van der Waals surface area contributed by atoms with Gasteiger partial charge in [0.25, 0.3) is 5.91 Å². The van der Waals surface area contributed by atoms with Crippen molar-refractivity contribution in [3.63, 3.8) is 0 Å². The summed E-state index contributed by atoms with van der Waals surface area (Å²) in [6, 6.07) is 15.5. The van der Waals surface area contributed by atoms with Crippen LogP contribution in [0, 0.1) is 0 Å². The summed E-state index contributed by atoms with van der Waals surface area (Å²) in [7, 11) is -3.39. The van der Waals surface area contributed by atoms with Crippen molar-refractivity contribution in [1.29, 1.82) is 0 Å². The zero-order valence-corrected chi connectivity index (χ0v) is 14.8. The summed E-state index contributed by atoms with van der Waals surface area (Å²) < 4.78 is 24.5. The first kappa shape index (κ1) is 17.5. The van der Waals surface area contributed by atoms with Crippen molar-refractivity contribution in [1.82, 2.24) is 5.32 Å². The lowest BCUT2D eigenvalue weighted by Crippen LogP contribution is -2.32. The number of benzene rings is 2. The van der Waals surface area contributed by atoms with Crippen molar-refractivity contribution >= 4 is 21.4 Å². The van der Waals surface area contributed by atoms with E-state index in [1.807, 2.05) is 0 Å². The Morgan fingerprint density at radius 2 is 1.60 bits per heavy atom. The molecule has 6 heteroatoms. The number of hydrogen-bond acceptors (Lipinski definition) is 4. The van der Waals surface area contributed by atoms with Gasteiger partial charge in [-0.25, -0.2) is 8.42 Å². The number of rotatable bonds is 6. The Balaban J connectivity index is 1.58. The predicted octanol–water partition coefficient (Wildman–Crippen LogP) is 3.20. The molecule has 0 atom stereocenters. The third kappa shape index (κ3) is 4.60. The minimum atomic E-state index is -3.39. The molecule has 132 valence electrons. The average molecular weight is 358 g/mol. The molecule has 2 aromatic carbocycles. The summed E-state index contributed by atoms with van der Waals surface area (Å²) in [5.74, 6) is -0.264. The number of carbonyl (C=O) groups excluding carboxylic acids is 1. The van der Waals surface area contributed by atoms with Gasteiger partial charge < -0.3 is 10.6 Å². The molecule has 1 aliphatic carbocycles. The average Bonchev–Trinajstić information content (AvgIpc) is 3.14. The second kappa shape index (κ2) is 7.70. The van der Waals surface area contributed by atoms with E-state index >= 15 is 0 Å². The maximum atomic E-state index is 12.2. The fourth-order valence-corrected chi connectivity index (χ4v) is 4.06. The number of hydrogen-bond donors (Lipinski definition) is 2. The summed E-state index contributed by atoms with van der Waals surface area (Å²) in [6.07, 6.45) is 4.43. The molecule has 5 nitrogen and oxygen atoms in total. The van der Waals surface area contributed by atoms with Crippen molar-refractivity contribution in [3.8, 4) is 0 Å². The van der Waals surface area contributed by atoms with Crippen LogP contribution in [-0.4, -0.2) is 26.2 Å². The molecule has 2 N–H and O–H groups in total. The van der Waals surface area contributed by atoms with E-state index in [1.54, 1.807) is 54.6 Å². The molecule has 0 heterocycles. The lowest BCUT2D eigenvalue weighted by atomic mass is 10.1. The molecule has 1 fully saturated rings. The van der Waals surface area contributed by atoms with Crippen LogP contribution in [-0.2, 0) is 9.84 Å². The van der Waals surface area contributed by atoms with E-state index in [-0.39, 0.29) is 22.7 Å². The van der Waals surface area contributed by atoms with Crippen LogP contribution in [0.25, 0.3) is 0 Å². The van der Waals surface area contributed by atoms with Crippen LogP contribution in [0.4, 0.5) is 5.69 Å². The first-order valence-electron chi connectivity index (χ1n) is 8.47. The van der Waals surface area contributed by atoms with Crippen LogP contribution < -0.4 is 10.6 Å². The van der Waals surface area contributed by atoms with Gasteiger partial charge in [0, 0.05) is 17.3 Å². The maximum Gasteiger partial charge on any atom is 0.251 e. The quantitative estimate of drug-likeness (QED) is 0.831. The Morgan fingerprint density at radius 1 is 0.960 bits per heavy atom. The third-order valence-corrected chi connectivity index (χ3v) is 5.92. The fraction of sp³-hybridized carbons (Fsp3) is 0.316. The molecule has 0 radical (unpaired) electrons. The van der Waals surface area contributed by atoms with Crippen LogP contribution in [0.2, 0.25) is 0 Å². The second-order valence-electron chi connectivity index (χ2n) is 6.28. The SMILES string of the molecule is O=C(NC1CCCC1)c1ccc(NCS(=O)(=O)c2ccccc2)cc1. The normalized spacial score (nSPS) is 15.0. The molecular formula is C19H22N2O3S. The third-order valence-electron chi connectivity index (χ3n) is 4.41. The molecule has 1 saturated carbocycles. The van der Waals surface area contributed by atoms with E-state index in [1.165, 1.54) is 12.8 Å². The summed E-state index contributed by atoms with van der Waals surface area (Å²) in [5, 5.41) is 5.94. The predicted molar refractivity (Wildman–Crippen MR) is 98.3 cm³/mol.